The van der Waals surface area contributed by atoms with Gasteiger partial charge in [-0.2, -0.15) is 0 Å². The molecule has 3 heterocycles. The van der Waals surface area contributed by atoms with Crippen LogP contribution in [0.5, 0.6) is 11.5 Å². The number of halogens is 1. The maximum Gasteiger partial charge on any atom is 0.324 e. The average Bonchev–Trinajstić information content (AvgIpc) is 3.26. The molecule has 0 aliphatic carbocycles. The van der Waals surface area contributed by atoms with Crippen LogP contribution in [0.25, 0.3) is 11.0 Å². The first-order valence-corrected chi connectivity index (χ1v) is 13.9. The molecule has 210 valence electrons. The predicted octanol–water partition coefficient (Wildman–Crippen LogP) is 5.58. The van der Waals surface area contributed by atoms with Gasteiger partial charge in [-0.15, -0.1) is 0 Å². The van der Waals surface area contributed by atoms with Crippen LogP contribution in [0.4, 0.5) is 10.5 Å². The maximum atomic E-state index is 13.7. The fourth-order valence-electron chi connectivity index (χ4n) is 4.80. The zero-order valence-corrected chi connectivity index (χ0v) is 24.0. The number of unbranched alkanes of at least 4 members (excludes halogenated alkanes) is 2. The number of pyridine rings is 1. The van der Waals surface area contributed by atoms with Crippen LogP contribution in [0.1, 0.15) is 45.1 Å². The maximum absolute atomic E-state index is 13.7. The van der Waals surface area contributed by atoms with Crippen molar-refractivity contribution < 1.29 is 19.1 Å². The van der Waals surface area contributed by atoms with Gasteiger partial charge in [0.2, 0.25) is 5.91 Å². The van der Waals surface area contributed by atoms with Gasteiger partial charge in [0.25, 0.3) is 0 Å². The number of likely N-dealkylation sites (N-methyl/N-ethyl adjacent to an activating group) is 1. The Hall–Kier alpha value is -3.46. The van der Waals surface area contributed by atoms with Gasteiger partial charge >= 0.3 is 6.03 Å². The van der Waals surface area contributed by atoms with Crippen molar-refractivity contribution in [2.75, 3.05) is 45.3 Å². The average molecular weight is 556 g/mol. The second-order valence-corrected chi connectivity index (χ2v) is 10.3. The molecule has 3 amide bonds. The van der Waals surface area contributed by atoms with Crippen LogP contribution in [-0.2, 0) is 17.9 Å². The van der Waals surface area contributed by atoms with E-state index in [1.165, 1.54) is 0 Å². The number of ether oxygens (including phenoxy) is 2. The Morgan fingerprint density at radius 1 is 1.18 bits per heavy atom. The molecule has 0 N–H and O–H groups in total. The van der Waals surface area contributed by atoms with Gasteiger partial charge < -0.3 is 23.8 Å². The molecule has 1 saturated heterocycles. The molecule has 0 saturated carbocycles. The van der Waals surface area contributed by atoms with E-state index in [4.69, 9.17) is 21.1 Å². The van der Waals surface area contributed by atoms with Crippen LogP contribution in [0, 0.1) is 0 Å². The van der Waals surface area contributed by atoms with Gasteiger partial charge in [0.1, 0.15) is 5.65 Å². The first-order valence-electron chi connectivity index (χ1n) is 13.5. The number of anilines is 1. The van der Waals surface area contributed by atoms with Gasteiger partial charge in [0.15, 0.2) is 11.5 Å². The molecule has 1 aliphatic heterocycles. The molecule has 4 rings (SSSR count). The molecule has 0 radical (unpaired) electrons. The van der Waals surface area contributed by atoms with Crippen LogP contribution in [-0.4, -0.2) is 71.7 Å². The zero-order valence-electron chi connectivity index (χ0n) is 23.3. The normalized spacial score (nSPS) is 13.7. The topological polar surface area (TPSA) is 80.1 Å². The highest BCUT2D eigenvalue weighted by molar-refractivity contribution is 6.35. The minimum absolute atomic E-state index is 0.00593. The van der Waals surface area contributed by atoms with E-state index < -0.39 is 0 Å². The number of fused-ring (bicyclic) bond motifs is 1. The molecule has 39 heavy (non-hydrogen) atoms. The lowest BCUT2D eigenvalue weighted by atomic mass is 10.1. The number of benzene rings is 1. The van der Waals surface area contributed by atoms with E-state index in [-0.39, 0.29) is 11.9 Å². The van der Waals surface area contributed by atoms with E-state index >= 15 is 0 Å². The fraction of sp³-hybridized carbons (Fsp3) is 0.483. The number of urea groups is 1. The Morgan fingerprint density at radius 3 is 2.74 bits per heavy atom. The fourth-order valence-corrected chi connectivity index (χ4v) is 5.12. The third-order valence-corrected chi connectivity index (χ3v) is 7.43. The summed E-state index contributed by atoms with van der Waals surface area (Å²) in [5.41, 5.74) is 2.47. The van der Waals surface area contributed by atoms with E-state index in [0.29, 0.717) is 55.9 Å². The number of rotatable bonds is 12. The second kappa shape index (κ2) is 13.1. The van der Waals surface area contributed by atoms with E-state index in [1.54, 1.807) is 37.1 Å². The number of amides is 3. The van der Waals surface area contributed by atoms with Crippen molar-refractivity contribution in [2.45, 2.75) is 52.6 Å². The molecule has 0 atom stereocenters. The second-order valence-electron chi connectivity index (χ2n) is 9.88. The molecule has 0 bridgehead atoms. The molecular formula is C29H38ClN5O4. The van der Waals surface area contributed by atoms with Crippen molar-refractivity contribution in [1.29, 1.82) is 0 Å². The van der Waals surface area contributed by atoms with Crippen LogP contribution in [0.2, 0.25) is 5.02 Å². The van der Waals surface area contributed by atoms with Crippen molar-refractivity contribution in [3.63, 3.8) is 0 Å². The van der Waals surface area contributed by atoms with E-state index in [2.05, 4.69) is 11.9 Å². The Kier molecular flexibility index (Phi) is 9.56. The standard InChI is InChI=1S/C29H38ClN5O4/c1-5-6-7-17-39-26-18-23(9-10-25(26)38-4)35-14-8-13-34(29(35)37)19-22-11-12-31-28-27(22)24(30)20-33(28)16-15-32(3)21(2)36/h9-12,18,20H,5-8,13-17,19H2,1-4H3. The van der Waals surface area contributed by atoms with Crippen LogP contribution in [0.3, 0.4) is 0 Å². The highest BCUT2D eigenvalue weighted by atomic mass is 35.5. The monoisotopic (exact) mass is 555 g/mol. The lowest BCUT2D eigenvalue weighted by Gasteiger charge is -2.36. The number of methoxy groups -OCH3 is 1. The Labute approximate surface area is 235 Å². The van der Waals surface area contributed by atoms with Crippen molar-refractivity contribution in [1.82, 2.24) is 19.4 Å². The summed E-state index contributed by atoms with van der Waals surface area (Å²) in [5, 5.41) is 1.42. The van der Waals surface area contributed by atoms with Crippen LogP contribution >= 0.6 is 11.6 Å². The summed E-state index contributed by atoms with van der Waals surface area (Å²) in [4.78, 5) is 35.1. The summed E-state index contributed by atoms with van der Waals surface area (Å²) >= 11 is 6.67. The van der Waals surface area contributed by atoms with Gasteiger partial charge in [-0.1, -0.05) is 31.4 Å². The zero-order chi connectivity index (χ0) is 27.9. The van der Waals surface area contributed by atoms with E-state index in [1.807, 2.05) is 39.9 Å². The van der Waals surface area contributed by atoms with Gasteiger partial charge in [-0.05, 0) is 36.6 Å². The Bertz CT molecular complexity index is 1310. The smallest absolute Gasteiger partial charge is 0.324 e. The highest BCUT2D eigenvalue weighted by Crippen LogP contribution is 2.34. The highest BCUT2D eigenvalue weighted by Gasteiger charge is 2.28. The minimum Gasteiger partial charge on any atom is -0.493 e. The van der Waals surface area contributed by atoms with Gasteiger partial charge in [-0.3, -0.25) is 9.69 Å². The summed E-state index contributed by atoms with van der Waals surface area (Å²) in [6.07, 6.45) is 7.63. The predicted molar refractivity (Wildman–Crippen MR) is 154 cm³/mol. The Morgan fingerprint density at radius 2 is 2.00 bits per heavy atom. The minimum atomic E-state index is -0.0630. The number of nitrogens with zero attached hydrogens (tertiary/aromatic N) is 5. The van der Waals surface area contributed by atoms with E-state index in [0.717, 1.165) is 48.0 Å². The van der Waals surface area contributed by atoms with Crippen LogP contribution < -0.4 is 14.4 Å². The molecule has 1 aliphatic rings. The van der Waals surface area contributed by atoms with Crippen molar-refractivity contribution in [3.05, 3.63) is 47.2 Å². The van der Waals surface area contributed by atoms with Crippen molar-refractivity contribution in [2.24, 2.45) is 0 Å². The lowest BCUT2D eigenvalue weighted by Crippen LogP contribution is -2.49. The van der Waals surface area contributed by atoms with Crippen molar-refractivity contribution in [3.8, 4) is 11.5 Å². The molecule has 10 heteroatoms. The van der Waals surface area contributed by atoms with Gasteiger partial charge in [0.05, 0.1) is 18.7 Å². The number of hydrogen-bond donors (Lipinski definition) is 0. The summed E-state index contributed by atoms with van der Waals surface area (Å²) in [6.45, 7) is 7.13. The Balaban J connectivity index is 1.52. The third-order valence-electron chi connectivity index (χ3n) is 7.15. The number of aromatic nitrogens is 2. The molecule has 1 aromatic carbocycles. The van der Waals surface area contributed by atoms with Crippen molar-refractivity contribution >= 4 is 40.3 Å². The van der Waals surface area contributed by atoms with E-state index in [9.17, 15) is 9.59 Å². The van der Waals surface area contributed by atoms with Gasteiger partial charge in [0, 0.05) is 76.2 Å². The van der Waals surface area contributed by atoms with Crippen LogP contribution in [0.15, 0.2) is 36.7 Å². The summed E-state index contributed by atoms with van der Waals surface area (Å²) in [5.74, 6) is 1.31. The molecular weight excluding hydrogens is 518 g/mol. The summed E-state index contributed by atoms with van der Waals surface area (Å²) in [6, 6.07) is 7.51. The number of carbonyl (C=O) groups excluding carboxylic acids is 2. The SMILES string of the molecule is CCCCCOc1cc(N2CCCN(Cc3ccnc4c3c(Cl)cn4CCN(C)C(C)=O)C2=O)ccc1OC. The van der Waals surface area contributed by atoms with Gasteiger partial charge in [-0.25, -0.2) is 9.78 Å². The largest absolute Gasteiger partial charge is 0.493 e. The quantitative estimate of drug-likeness (QED) is 0.273. The molecule has 0 unspecified atom stereocenters. The first-order chi connectivity index (χ1) is 18.8. The summed E-state index contributed by atoms with van der Waals surface area (Å²) < 4.78 is 13.5. The molecule has 1 fully saturated rings. The molecule has 2 aromatic heterocycles. The first kappa shape index (κ1) is 28.5. The molecule has 0 spiro atoms. The molecule has 3 aromatic rings. The number of hydrogen-bond acceptors (Lipinski definition) is 5. The molecule has 9 nitrogen and oxygen atoms in total. The third kappa shape index (κ3) is 6.58. The lowest BCUT2D eigenvalue weighted by molar-refractivity contribution is -0.127. The number of carbonyl (C=O) groups is 2. The summed E-state index contributed by atoms with van der Waals surface area (Å²) in [7, 11) is 3.39.